The first-order chi connectivity index (χ1) is 8.19. The van der Waals surface area contributed by atoms with Gasteiger partial charge in [-0.1, -0.05) is 12.1 Å². The fourth-order valence-electron chi connectivity index (χ4n) is 2.50. The molecule has 1 fully saturated rings. The lowest BCUT2D eigenvalue weighted by Crippen LogP contribution is -2.42. The lowest BCUT2D eigenvalue weighted by molar-refractivity contribution is 0.0771. The second-order valence-corrected chi connectivity index (χ2v) is 5.03. The van der Waals surface area contributed by atoms with E-state index in [2.05, 4.69) is 11.8 Å². The van der Waals surface area contributed by atoms with E-state index in [4.69, 9.17) is 0 Å². The van der Waals surface area contributed by atoms with Crippen molar-refractivity contribution in [1.29, 1.82) is 0 Å². The Balaban J connectivity index is 2.01. The number of aliphatic hydroxyl groups excluding tert-OH is 1. The summed E-state index contributed by atoms with van der Waals surface area (Å²) in [6.07, 6.45) is 2.21. The highest BCUT2D eigenvalue weighted by Crippen LogP contribution is 2.23. The van der Waals surface area contributed by atoms with Gasteiger partial charge >= 0.3 is 0 Å². The number of halogens is 1. The summed E-state index contributed by atoms with van der Waals surface area (Å²) in [5.74, 6) is 0.200. The van der Waals surface area contributed by atoms with Crippen molar-refractivity contribution in [2.75, 3.05) is 13.2 Å². The zero-order valence-electron chi connectivity index (χ0n) is 10.3. The van der Waals surface area contributed by atoms with Crippen LogP contribution in [0.25, 0.3) is 0 Å². The van der Waals surface area contributed by atoms with Crippen LogP contribution in [0.5, 0.6) is 0 Å². The minimum Gasteiger partial charge on any atom is -0.396 e. The second kappa shape index (κ2) is 5.61. The average Bonchev–Trinajstić information content (AvgIpc) is 2.32. The number of piperidine rings is 1. The molecule has 17 heavy (non-hydrogen) atoms. The summed E-state index contributed by atoms with van der Waals surface area (Å²) in [4.78, 5) is 2.33. The number of nitrogens with zero attached hydrogens (tertiary/aromatic N) is 1. The Morgan fingerprint density at radius 3 is 2.94 bits per heavy atom. The Bertz CT molecular complexity index is 369. The molecule has 3 heteroatoms. The van der Waals surface area contributed by atoms with E-state index >= 15 is 0 Å². The molecule has 94 valence electrons. The summed E-state index contributed by atoms with van der Waals surface area (Å²) in [7, 11) is 0. The van der Waals surface area contributed by atoms with Gasteiger partial charge in [0.1, 0.15) is 5.82 Å². The number of benzene rings is 1. The molecule has 2 unspecified atom stereocenters. The van der Waals surface area contributed by atoms with Gasteiger partial charge in [0.25, 0.3) is 0 Å². The Labute approximate surface area is 102 Å². The number of rotatable bonds is 3. The number of aliphatic hydroxyl groups is 1. The average molecular weight is 237 g/mol. The topological polar surface area (TPSA) is 23.5 Å². The van der Waals surface area contributed by atoms with Crippen LogP contribution in [0, 0.1) is 11.7 Å². The van der Waals surface area contributed by atoms with Crippen molar-refractivity contribution >= 4 is 0 Å². The predicted molar refractivity (Wildman–Crippen MR) is 66.1 cm³/mol. The molecule has 0 radical (unpaired) electrons. The smallest absolute Gasteiger partial charge is 0.123 e. The largest absolute Gasteiger partial charge is 0.396 e. The molecule has 1 N–H and O–H groups in total. The monoisotopic (exact) mass is 237 g/mol. The summed E-state index contributed by atoms with van der Waals surface area (Å²) in [6.45, 7) is 4.14. The minimum atomic E-state index is -0.175. The van der Waals surface area contributed by atoms with Crippen molar-refractivity contribution in [1.82, 2.24) is 4.90 Å². The molecular weight excluding hydrogens is 217 g/mol. The maximum atomic E-state index is 13.1. The molecule has 1 aliphatic rings. The van der Waals surface area contributed by atoms with E-state index in [-0.39, 0.29) is 12.4 Å². The highest BCUT2D eigenvalue weighted by molar-refractivity contribution is 5.16. The normalized spacial score (nSPS) is 26.1. The maximum Gasteiger partial charge on any atom is 0.123 e. The third-order valence-corrected chi connectivity index (χ3v) is 3.64. The van der Waals surface area contributed by atoms with E-state index < -0.39 is 0 Å². The standard InChI is InChI=1S/C14H20FNO/c1-11-5-6-13(10-17)9-16(11)8-12-3-2-4-14(15)7-12/h2-4,7,11,13,17H,5-6,8-10H2,1H3. The predicted octanol–water partition coefficient (Wildman–Crippen LogP) is 2.42. The van der Waals surface area contributed by atoms with E-state index in [1.807, 2.05) is 6.07 Å². The fraction of sp³-hybridized carbons (Fsp3) is 0.571. The fourth-order valence-corrected chi connectivity index (χ4v) is 2.50. The van der Waals surface area contributed by atoms with Gasteiger partial charge in [0, 0.05) is 25.7 Å². The zero-order chi connectivity index (χ0) is 12.3. The van der Waals surface area contributed by atoms with Crippen LogP contribution in [0.15, 0.2) is 24.3 Å². The van der Waals surface area contributed by atoms with E-state index in [0.29, 0.717) is 12.0 Å². The van der Waals surface area contributed by atoms with Gasteiger partial charge in [0.2, 0.25) is 0 Å². The Morgan fingerprint density at radius 2 is 2.24 bits per heavy atom. The van der Waals surface area contributed by atoms with Crippen LogP contribution in [0.3, 0.4) is 0 Å². The number of hydrogen-bond donors (Lipinski definition) is 1. The molecule has 0 bridgehead atoms. The van der Waals surface area contributed by atoms with Crippen LogP contribution >= 0.6 is 0 Å². The van der Waals surface area contributed by atoms with Crippen molar-refractivity contribution in [2.45, 2.75) is 32.4 Å². The Kier molecular flexibility index (Phi) is 4.13. The third-order valence-electron chi connectivity index (χ3n) is 3.64. The van der Waals surface area contributed by atoms with Gasteiger partial charge in [-0.25, -0.2) is 4.39 Å². The lowest BCUT2D eigenvalue weighted by Gasteiger charge is -2.37. The molecule has 2 atom stereocenters. The molecule has 2 rings (SSSR count). The van der Waals surface area contributed by atoms with Crippen LogP contribution in [-0.2, 0) is 6.54 Å². The van der Waals surface area contributed by atoms with Crippen molar-refractivity contribution in [3.8, 4) is 0 Å². The van der Waals surface area contributed by atoms with Crippen LogP contribution in [-0.4, -0.2) is 29.2 Å². The van der Waals surface area contributed by atoms with Gasteiger partial charge in [0.15, 0.2) is 0 Å². The number of hydrogen-bond acceptors (Lipinski definition) is 2. The summed E-state index contributed by atoms with van der Waals surface area (Å²) in [5.41, 5.74) is 1.01. The first kappa shape index (κ1) is 12.5. The highest BCUT2D eigenvalue weighted by Gasteiger charge is 2.24. The van der Waals surface area contributed by atoms with E-state index in [0.717, 1.165) is 31.5 Å². The SMILES string of the molecule is CC1CCC(CO)CN1Cc1cccc(F)c1. The molecule has 0 aromatic heterocycles. The minimum absolute atomic E-state index is 0.175. The highest BCUT2D eigenvalue weighted by atomic mass is 19.1. The van der Waals surface area contributed by atoms with Gasteiger partial charge in [-0.2, -0.15) is 0 Å². The molecule has 2 nitrogen and oxygen atoms in total. The Hall–Kier alpha value is -0.930. The van der Waals surface area contributed by atoms with Gasteiger partial charge in [-0.15, -0.1) is 0 Å². The molecule has 0 spiro atoms. The third kappa shape index (κ3) is 3.27. The van der Waals surface area contributed by atoms with Gasteiger partial charge < -0.3 is 5.11 Å². The Morgan fingerprint density at radius 1 is 1.41 bits per heavy atom. The summed E-state index contributed by atoms with van der Waals surface area (Å²) >= 11 is 0. The zero-order valence-corrected chi connectivity index (χ0v) is 10.3. The summed E-state index contributed by atoms with van der Waals surface area (Å²) in [6, 6.07) is 7.29. The van der Waals surface area contributed by atoms with Crippen LogP contribution in [0.2, 0.25) is 0 Å². The molecule has 0 amide bonds. The van der Waals surface area contributed by atoms with E-state index in [1.165, 1.54) is 6.07 Å². The quantitative estimate of drug-likeness (QED) is 0.872. The van der Waals surface area contributed by atoms with Crippen molar-refractivity contribution in [2.24, 2.45) is 5.92 Å². The van der Waals surface area contributed by atoms with Crippen LogP contribution < -0.4 is 0 Å². The lowest BCUT2D eigenvalue weighted by atomic mass is 9.93. The molecule has 1 heterocycles. The van der Waals surface area contributed by atoms with Crippen molar-refractivity contribution < 1.29 is 9.50 Å². The van der Waals surface area contributed by atoms with Gasteiger partial charge in [-0.3, -0.25) is 4.90 Å². The molecule has 1 aromatic rings. The number of likely N-dealkylation sites (tertiary alicyclic amines) is 1. The molecule has 1 aromatic carbocycles. The molecule has 1 saturated heterocycles. The maximum absolute atomic E-state index is 13.1. The van der Waals surface area contributed by atoms with Gasteiger partial charge in [-0.05, 0) is 43.4 Å². The van der Waals surface area contributed by atoms with Crippen LogP contribution in [0.1, 0.15) is 25.3 Å². The van der Waals surface area contributed by atoms with Crippen molar-refractivity contribution in [3.63, 3.8) is 0 Å². The molecule has 1 aliphatic heterocycles. The molecule has 0 aliphatic carbocycles. The second-order valence-electron chi connectivity index (χ2n) is 5.03. The van der Waals surface area contributed by atoms with E-state index in [1.54, 1.807) is 12.1 Å². The molecular formula is C14H20FNO. The van der Waals surface area contributed by atoms with Crippen LogP contribution in [0.4, 0.5) is 4.39 Å². The van der Waals surface area contributed by atoms with Gasteiger partial charge in [0.05, 0.1) is 0 Å². The first-order valence-electron chi connectivity index (χ1n) is 6.28. The van der Waals surface area contributed by atoms with Crippen molar-refractivity contribution in [3.05, 3.63) is 35.6 Å². The summed E-state index contributed by atoms with van der Waals surface area (Å²) in [5, 5.41) is 9.22. The summed E-state index contributed by atoms with van der Waals surface area (Å²) < 4.78 is 13.1. The molecule has 0 saturated carbocycles. The first-order valence-corrected chi connectivity index (χ1v) is 6.28. The van der Waals surface area contributed by atoms with E-state index in [9.17, 15) is 9.50 Å².